The van der Waals surface area contributed by atoms with Gasteiger partial charge in [-0.2, -0.15) is 0 Å². The number of carboxylic acids is 2. The molecule has 0 aliphatic carbocycles. The van der Waals surface area contributed by atoms with Crippen LogP contribution in [0.15, 0.2) is 16.9 Å². The molecule has 1 heterocycles. The second-order valence-electron chi connectivity index (χ2n) is 2.36. The number of hydrazone groups is 1. The van der Waals surface area contributed by atoms with Crippen LogP contribution in [0, 0.1) is 0 Å². The maximum absolute atomic E-state index is 10.5. The first-order valence-corrected chi connectivity index (χ1v) is 3.48. The number of hydrazine groups is 1. The molecule has 0 aromatic carbocycles. The van der Waals surface area contributed by atoms with Crippen molar-refractivity contribution >= 4 is 36.2 Å². The van der Waals surface area contributed by atoms with Gasteiger partial charge in [-0.25, -0.2) is 14.4 Å². The van der Waals surface area contributed by atoms with E-state index in [0.717, 1.165) is 0 Å². The van der Waals surface area contributed by atoms with Gasteiger partial charge in [0.15, 0.2) is 5.71 Å². The number of nitrogens with zero attached hydrogens (tertiary/aromatic N) is 2. The molecular weight excluding hydrogens is 246 g/mol. The summed E-state index contributed by atoms with van der Waals surface area (Å²) in [6.07, 6.45) is -0.912. The molecule has 10 heteroatoms. The summed E-state index contributed by atoms with van der Waals surface area (Å²) < 4.78 is 0. The summed E-state index contributed by atoms with van der Waals surface area (Å²) in [5.74, 6) is -3.02. The Morgan fingerprint density at radius 2 is 1.75 bits per heavy atom. The Hall–Kier alpha value is -2.29. The number of rotatable bonds is 2. The van der Waals surface area contributed by atoms with Crippen LogP contribution >= 0.6 is 12.4 Å². The minimum Gasteiger partial charge on any atom is -0.477 e. The summed E-state index contributed by atoms with van der Waals surface area (Å²) in [5.41, 5.74) is 0.602. The van der Waals surface area contributed by atoms with Gasteiger partial charge in [-0.3, -0.25) is 5.43 Å². The van der Waals surface area contributed by atoms with Crippen LogP contribution in [0.2, 0.25) is 0 Å². The topological polar surface area (TPSA) is 140 Å². The van der Waals surface area contributed by atoms with Crippen LogP contribution in [0.4, 0.5) is 4.79 Å². The van der Waals surface area contributed by atoms with Crippen LogP contribution in [-0.2, 0) is 9.59 Å². The van der Waals surface area contributed by atoms with E-state index in [1.807, 2.05) is 5.43 Å². The molecular formula is C6H6ClN3O6. The molecule has 88 valence electrons. The number of hydrogen-bond donors (Lipinski definition) is 4. The van der Waals surface area contributed by atoms with Crippen LogP contribution < -0.4 is 5.43 Å². The molecule has 0 fully saturated rings. The van der Waals surface area contributed by atoms with E-state index in [4.69, 9.17) is 15.3 Å². The van der Waals surface area contributed by atoms with Crippen molar-refractivity contribution in [3.63, 3.8) is 0 Å². The zero-order valence-electron chi connectivity index (χ0n) is 7.45. The Bertz CT molecular complexity index is 403. The molecule has 1 aliphatic rings. The van der Waals surface area contributed by atoms with Gasteiger partial charge in [0.25, 0.3) is 0 Å². The lowest BCUT2D eigenvalue weighted by Crippen LogP contribution is -2.43. The van der Waals surface area contributed by atoms with E-state index < -0.39 is 29.4 Å². The van der Waals surface area contributed by atoms with Gasteiger partial charge in [-0.05, 0) is 0 Å². The molecule has 0 aromatic heterocycles. The highest BCUT2D eigenvalue weighted by Gasteiger charge is 2.24. The number of carbonyl (C=O) groups is 3. The molecule has 1 aliphatic heterocycles. The highest BCUT2D eigenvalue weighted by molar-refractivity contribution is 6.41. The molecule has 4 N–H and O–H groups in total. The SMILES string of the molecule is Cl.O=C(O)C1=CC(C(=O)O)=NN(C(=O)O)N1. The Labute approximate surface area is 94.0 Å². The summed E-state index contributed by atoms with van der Waals surface area (Å²) in [7, 11) is 0. The fraction of sp³-hybridized carbons (Fsp3) is 0. The zero-order valence-corrected chi connectivity index (χ0v) is 8.26. The molecule has 0 saturated heterocycles. The second kappa shape index (κ2) is 4.98. The molecule has 0 atom stereocenters. The summed E-state index contributed by atoms with van der Waals surface area (Å²) in [6, 6.07) is 0. The predicted molar refractivity (Wildman–Crippen MR) is 51.0 cm³/mol. The lowest BCUT2D eigenvalue weighted by atomic mass is 10.3. The van der Waals surface area contributed by atoms with Crippen LogP contribution in [-0.4, -0.2) is 44.2 Å². The van der Waals surface area contributed by atoms with Crippen molar-refractivity contribution in [2.45, 2.75) is 0 Å². The largest absolute Gasteiger partial charge is 0.477 e. The first kappa shape index (κ1) is 13.7. The maximum Gasteiger partial charge on any atom is 0.447 e. The highest BCUT2D eigenvalue weighted by atomic mass is 35.5. The van der Waals surface area contributed by atoms with Crippen molar-refractivity contribution in [1.29, 1.82) is 0 Å². The quantitative estimate of drug-likeness (QED) is 0.509. The smallest absolute Gasteiger partial charge is 0.447 e. The number of carboxylic acid groups (broad SMARTS) is 3. The summed E-state index contributed by atoms with van der Waals surface area (Å²) in [4.78, 5) is 31.4. The van der Waals surface area contributed by atoms with Gasteiger partial charge in [0.05, 0.1) is 0 Å². The first-order chi connectivity index (χ1) is 6.91. The molecule has 9 nitrogen and oxygen atoms in total. The van der Waals surface area contributed by atoms with Gasteiger partial charge in [0.1, 0.15) is 5.70 Å². The molecule has 0 unspecified atom stereocenters. The van der Waals surface area contributed by atoms with E-state index in [1.54, 1.807) is 0 Å². The fourth-order valence-electron chi connectivity index (χ4n) is 0.749. The minimum absolute atomic E-state index is 0. The van der Waals surface area contributed by atoms with Gasteiger partial charge < -0.3 is 15.3 Å². The molecule has 0 aromatic rings. The third kappa shape index (κ3) is 2.85. The van der Waals surface area contributed by atoms with E-state index in [-0.39, 0.29) is 17.5 Å². The summed E-state index contributed by atoms with van der Waals surface area (Å²) >= 11 is 0. The predicted octanol–water partition coefficient (Wildman–Crippen LogP) is -0.685. The van der Waals surface area contributed by atoms with Crippen molar-refractivity contribution < 1.29 is 29.7 Å². The Morgan fingerprint density at radius 3 is 2.12 bits per heavy atom. The van der Waals surface area contributed by atoms with Crippen molar-refractivity contribution in [1.82, 2.24) is 10.5 Å². The zero-order chi connectivity index (χ0) is 11.6. The lowest BCUT2D eigenvalue weighted by Gasteiger charge is -2.19. The molecule has 0 spiro atoms. The summed E-state index contributed by atoms with van der Waals surface area (Å²) in [5, 5.41) is 28.8. The minimum atomic E-state index is -1.62. The third-order valence-corrected chi connectivity index (χ3v) is 1.35. The van der Waals surface area contributed by atoms with Crippen LogP contribution in [0.3, 0.4) is 0 Å². The molecule has 16 heavy (non-hydrogen) atoms. The van der Waals surface area contributed by atoms with Gasteiger partial charge in [0.2, 0.25) is 0 Å². The number of amides is 1. The second-order valence-corrected chi connectivity index (χ2v) is 2.36. The highest BCUT2D eigenvalue weighted by Crippen LogP contribution is 2.03. The van der Waals surface area contributed by atoms with E-state index in [1.165, 1.54) is 0 Å². The van der Waals surface area contributed by atoms with E-state index >= 15 is 0 Å². The fourth-order valence-corrected chi connectivity index (χ4v) is 0.749. The Balaban J connectivity index is 0.00000225. The monoisotopic (exact) mass is 251 g/mol. The van der Waals surface area contributed by atoms with Crippen LogP contribution in [0.5, 0.6) is 0 Å². The lowest BCUT2D eigenvalue weighted by molar-refractivity contribution is -0.133. The van der Waals surface area contributed by atoms with E-state index in [2.05, 4.69) is 5.10 Å². The first-order valence-electron chi connectivity index (χ1n) is 3.48. The normalized spacial score (nSPS) is 13.9. The van der Waals surface area contributed by atoms with Crippen LogP contribution in [0.1, 0.15) is 0 Å². The molecule has 0 bridgehead atoms. The number of nitrogens with one attached hydrogen (secondary N) is 1. The molecule has 0 saturated carbocycles. The van der Waals surface area contributed by atoms with Gasteiger partial charge in [-0.1, -0.05) is 0 Å². The van der Waals surface area contributed by atoms with Crippen molar-refractivity contribution in [3.05, 3.63) is 11.8 Å². The number of aliphatic carboxylic acids is 2. The average molecular weight is 252 g/mol. The Morgan fingerprint density at radius 1 is 1.19 bits per heavy atom. The van der Waals surface area contributed by atoms with Gasteiger partial charge >= 0.3 is 18.0 Å². The van der Waals surface area contributed by atoms with Crippen LogP contribution in [0.25, 0.3) is 0 Å². The standard InChI is InChI=1S/C6H5N3O6.ClH/c10-4(11)2-1-3(5(12)13)8-9(7-2)6(14)15;/h1,7H,(H,10,11)(H,12,13)(H,14,15);1H. The molecule has 1 rings (SSSR count). The third-order valence-electron chi connectivity index (χ3n) is 1.35. The van der Waals surface area contributed by atoms with Gasteiger partial charge in [-0.15, -0.1) is 22.6 Å². The van der Waals surface area contributed by atoms with Crippen molar-refractivity contribution in [3.8, 4) is 0 Å². The average Bonchev–Trinajstić information content (AvgIpc) is 2.16. The van der Waals surface area contributed by atoms with E-state index in [9.17, 15) is 14.4 Å². The maximum atomic E-state index is 10.5. The molecule has 0 radical (unpaired) electrons. The van der Waals surface area contributed by atoms with Crippen molar-refractivity contribution in [2.75, 3.05) is 0 Å². The van der Waals surface area contributed by atoms with Gasteiger partial charge in [0, 0.05) is 6.08 Å². The molecule has 1 amide bonds. The van der Waals surface area contributed by atoms with E-state index in [0.29, 0.717) is 6.08 Å². The summed E-state index contributed by atoms with van der Waals surface area (Å²) in [6.45, 7) is 0. The Kier molecular flexibility index (Phi) is 4.27. The van der Waals surface area contributed by atoms with Crippen molar-refractivity contribution in [2.24, 2.45) is 5.10 Å². The number of halogens is 1. The number of hydrogen-bond acceptors (Lipinski definition) is 5.